The highest BCUT2D eigenvalue weighted by Crippen LogP contribution is 2.35. The van der Waals surface area contributed by atoms with Crippen molar-refractivity contribution in [1.29, 1.82) is 5.26 Å². The first-order chi connectivity index (χ1) is 12.8. The van der Waals surface area contributed by atoms with Crippen molar-refractivity contribution >= 4 is 22.1 Å². The number of rotatable bonds is 2. The highest BCUT2D eigenvalue weighted by atomic mass is 32.1. The topological polar surface area (TPSA) is 92.9 Å². The first kappa shape index (κ1) is 17.0. The molecule has 6 nitrogen and oxygen atoms in total. The van der Waals surface area contributed by atoms with Crippen molar-refractivity contribution < 1.29 is 13.2 Å². The van der Waals surface area contributed by atoms with Crippen LogP contribution in [0.4, 0.5) is 19.0 Å². The molecule has 0 unspecified atom stereocenters. The second-order valence-electron chi connectivity index (χ2n) is 5.61. The van der Waals surface area contributed by atoms with Crippen LogP contribution in [0.15, 0.2) is 42.7 Å². The molecule has 4 rings (SSSR count). The minimum absolute atomic E-state index is 0.197. The second kappa shape index (κ2) is 6.07. The fraction of sp³-hybridized carbons (Fsp3) is 0.0588. The molecule has 0 aliphatic heterocycles. The third-order valence-corrected chi connectivity index (χ3v) is 4.77. The molecular weight excluding hydrogens is 377 g/mol. The lowest BCUT2D eigenvalue weighted by atomic mass is 10.1. The van der Waals surface area contributed by atoms with Crippen LogP contribution in [0.2, 0.25) is 0 Å². The molecule has 0 saturated carbocycles. The number of anilines is 1. The number of alkyl halides is 3. The third kappa shape index (κ3) is 3.09. The van der Waals surface area contributed by atoms with Gasteiger partial charge in [0, 0.05) is 17.3 Å². The fourth-order valence-corrected chi connectivity index (χ4v) is 3.40. The number of nitriles is 1. The summed E-state index contributed by atoms with van der Waals surface area (Å²) >= 11 is 1.26. The van der Waals surface area contributed by atoms with Gasteiger partial charge in [-0.2, -0.15) is 23.5 Å². The van der Waals surface area contributed by atoms with Crippen LogP contribution in [0.25, 0.3) is 26.8 Å². The summed E-state index contributed by atoms with van der Waals surface area (Å²) in [6.07, 6.45) is -1.83. The van der Waals surface area contributed by atoms with Gasteiger partial charge in [-0.05, 0) is 18.2 Å². The minimum Gasteiger partial charge on any atom is -0.383 e. The second-order valence-corrected chi connectivity index (χ2v) is 6.56. The summed E-state index contributed by atoms with van der Waals surface area (Å²) in [7, 11) is 0. The number of nitrogen functional groups attached to an aromatic ring is 1. The predicted octanol–water partition coefficient (Wildman–Crippen LogP) is 3.99. The van der Waals surface area contributed by atoms with Crippen molar-refractivity contribution in [3.8, 4) is 27.9 Å². The number of hydrogen-bond donors (Lipinski definition) is 1. The molecule has 10 heteroatoms. The van der Waals surface area contributed by atoms with Crippen molar-refractivity contribution in [1.82, 2.24) is 19.6 Å². The SMILES string of the molecule is N#Cc1cccc(-c2nn3cc(-c4cnc(N)c(C(F)(F)F)c4)nc3s2)c1. The molecule has 0 amide bonds. The molecule has 2 N–H and O–H groups in total. The van der Waals surface area contributed by atoms with Crippen molar-refractivity contribution in [2.24, 2.45) is 0 Å². The normalized spacial score (nSPS) is 11.6. The van der Waals surface area contributed by atoms with E-state index >= 15 is 0 Å². The van der Waals surface area contributed by atoms with Gasteiger partial charge in [0.1, 0.15) is 10.8 Å². The molecule has 1 aromatic carbocycles. The Kier molecular flexibility index (Phi) is 3.82. The van der Waals surface area contributed by atoms with Gasteiger partial charge >= 0.3 is 6.18 Å². The van der Waals surface area contributed by atoms with Crippen LogP contribution in [-0.4, -0.2) is 19.6 Å². The van der Waals surface area contributed by atoms with Crippen LogP contribution in [0.1, 0.15) is 11.1 Å². The maximum Gasteiger partial charge on any atom is 0.419 e. The summed E-state index contributed by atoms with van der Waals surface area (Å²) < 4.78 is 40.5. The molecule has 0 aliphatic rings. The highest BCUT2D eigenvalue weighted by molar-refractivity contribution is 7.19. The van der Waals surface area contributed by atoms with Crippen LogP contribution in [0.5, 0.6) is 0 Å². The van der Waals surface area contributed by atoms with Gasteiger partial charge in [-0.25, -0.2) is 14.5 Å². The van der Waals surface area contributed by atoms with Gasteiger partial charge in [-0.1, -0.05) is 23.5 Å². The van der Waals surface area contributed by atoms with Gasteiger partial charge in [0.15, 0.2) is 0 Å². The molecular formula is C17H9F3N6S. The smallest absolute Gasteiger partial charge is 0.383 e. The van der Waals surface area contributed by atoms with Gasteiger partial charge in [0.05, 0.1) is 29.1 Å². The van der Waals surface area contributed by atoms with Crippen molar-refractivity contribution in [2.45, 2.75) is 6.18 Å². The lowest BCUT2D eigenvalue weighted by Gasteiger charge is -2.09. The Balaban J connectivity index is 1.74. The van der Waals surface area contributed by atoms with E-state index in [1.54, 1.807) is 18.2 Å². The molecule has 4 aromatic rings. The molecule has 0 atom stereocenters. The van der Waals surface area contributed by atoms with E-state index in [-0.39, 0.29) is 5.56 Å². The first-order valence-electron chi connectivity index (χ1n) is 7.55. The molecule has 0 saturated heterocycles. The Bertz CT molecular complexity index is 1170. The third-order valence-electron chi connectivity index (χ3n) is 3.80. The Morgan fingerprint density at radius 2 is 2.00 bits per heavy atom. The van der Waals surface area contributed by atoms with E-state index in [2.05, 4.69) is 21.1 Å². The van der Waals surface area contributed by atoms with Gasteiger partial charge in [0.25, 0.3) is 0 Å². The van der Waals surface area contributed by atoms with E-state index < -0.39 is 17.6 Å². The first-order valence-corrected chi connectivity index (χ1v) is 8.36. The minimum atomic E-state index is -4.60. The zero-order chi connectivity index (χ0) is 19.2. The van der Waals surface area contributed by atoms with Crippen LogP contribution < -0.4 is 5.73 Å². The van der Waals surface area contributed by atoms with Crippen LogP contribution in [-0.2, 0) is 6.18 Å². The molecule has 3 aromatic heterocycles. The summed E-state index contributed by atoms with van der Waals surface area (Å²) in [5.41, 5.74) is 6.10. The Morgan fingerprint density at radius 3 is 2.70 bits per heavy atom. The largest absolute Gasteiger partial charge is 0.419 e. The predicted molar refractivity (Wildman–Crippen MR) is 93.7 cm³/mol. The van der Waals surface area contributed by atoms with Gasteiger partial charge in [-0.15, -0.1) is 0 Å². The summed E-state index contributed by atoms with van der Waals surface area (Å²) in [4.78, 5) is 8.46. The van der Waals surface area contributed by atoms with E-state index in [4.69, 9.17) is 11.0 Å². The Hall–Kier alpha value is -3.45. The quantitative estimate of drug-likeness (QED) is 0.562. The fourth-order valence-electron chi connectivity index (χ4n) is 2.52. The standard InChI is InChI=1S/C17H9F3N6S/c18-17(19,20)12-5-11(7-23-14(12)22)13-8-26-16(24-13)27-15(25-26)10-3-1-2-9(4-10)6-21/h1-5,7-8H,(H2,22,23). The van der Waals surface area contributed by atoms with Crippen molar-refractivity contribution in [3.05, 3.63) is 53.9 Å². The van der Waals surface area contributed by atoms with Crippen molar-refractivity contribution in [2.75, 3.05) is 5.73 Å². The summed E-state index contributed by atoms with van der Waals surface area (Å²) in [5, 5.41) is 14.0. The summed E-state index contributed by atoms with van der Waals surface area (Å²) in [6.45, 7) is 0. The number of nitrogens with two attached hydrogens (primary N) is 1. The molecule has 0 fully saturated rings. The molecule has 0 radical (unpaired) electrons. The van der Waals surface area contributed by atoms with Crippen molar-refractivity contribution in [3.63, 3.8) is 0 Å². The van der Waals surface area contributed by atoms with E-state index in [0.717, 1.165) is 11.6 Å². The van der Waals surface area contributed by atoms with Gasteiger partial charge in [-0.3, -0.25) is 0 Å². The summed E-state index contributed by atoms with van der Waals surface area (Å²) in [6, 6.07) is 9.95. The number of nitrogens with zero attached hydrogens (tertiary/aromatic N) is 5. The molecule has 0 aliphatic carbocycles. The molecule has 0 spiro atoms. The molecule has 27 heavy (non-hydrogen) atoms. The molecule has 3 heterocycles. The van der Waals surface area contributed by atoms with E-state index in [1.807, 2.05) is 6.07 Å². The lowest BCUT2D eigenvalue weighted by Crippen LogP contribution is -2.10. The Labute approximate surface area is 154 Å². The van der Waals surface area contributed by atoms with E-state index in [9.17, 15) is 13.2 Å². The monoisotopic (exact) mass is 386 g/mol. The van der Waals surface area contributed by atoms with Gasteiger partial charge < -0.3 is 5.73 Å². The number of hydrogen-bond acceptors (Lipinski definition) is 6. The average molecular weight is 386 g/mol. The number of halogens is 3. The van der Waals surface area contributed by atoms with E-state index in [0.29, 0.717) is 21.2 Å². The summed E-state index contributed by atoms with van der Waals surface area (Å²) in [5.74, 6) is -0.579. The zero-order valence-corrected chi connectivity index (χ0v) is 14.2. The maximum absolute atomic E-state index is 13.0. The van der Waals surface area contributed by atoms with Crippen LogP contribution in [0, 0.1) is 11.3 Å². The van der Waals surface area contributed by atoms with Gasteiger partial charge in [0.2, 0.25) is 4.96 Å². The number of aromatic nitrogens is 4. The maximum atomic E-state index is 13.0. The zero-order valence-electron chi connectivity index (χ0n) is 13.4. The highest BCUT2D eigenvalue weighted by Gasteiger charge is 2.34. The van der Waals surface area contributed by atoms with Crippen LogP contribution in [0.3, 0.4) is 0 Å². The number of imidazole rings is 1. The Morgan fingerprint density at radius 1 is 1.19 bits per heavy atom. The van der Waals surface area contributed by atoms with Crippen LogP contribution >= 0.6 is 11.3 Å². The number of pyridine rings is 1. The molecule has 0 bridgehead atoms. The average Bonchev–Trinajstić information content (AvgIpc) is 3.20. The number of benzene rings is 1. The molecule has 134 valence electrons. The number of fused-ring (bicyclic) bond motifs is 1. The lowest BCUT2D eigenvalue weighted by molar-refractivity contribution is -0.137. The van der Waals surface area contributed by atoms with E-state index in [1.165, 1.54) is 28.2 Å².